The first-order chi connectivity index (χ1) is 13.0. The molecule has 28 heavy (non-hydrogen) atoms. The zero-order valence-corrected chi connectivity index (χ0v) is 19.3. The van der Waals surface area contributed by atoms with Crippen LogP contribution in [0, 0.1) is 0 Å². The Balaban J connectivity index is 1.80. The van der Waals surface area contributed by atoms with Gasteiger partial charge in [-0.3, -0.25) is 0 Å². The highest BCUT2D eigenvalue weighted by atomic mass is 28.4. The van der Waals surface area contributed by atoms with Crippen molar-refractivity contribution in [1.82, 2.24) is 4.57 Å². The van der Waals surface area contributed by atoms with Gasteiger partial charge in [-0.2, -0.15) is 0 Å². The van der Waals surface area contributed by atoms with Crippen LogP contribution in [0.5, 0.6) is 0 Å². The molecule has 1 heterocycles. The first-order valence-electron chi connectivity index (χ1n) is 10.1. The fraction of sp³-hybridized carbons (Fsp3) is 0.522. The Morgan fingerprint density at radius 2 is 1.96 bits per heavy atom. The summed E-state index contributed by atoms with van der Waals surface area (Å²) < 4.78 is 13.5. The Bertz CT molecular complexity index is 918. The van der Waals surface area contributed by atoms with Crippen molar-refractivity contribution in [1.29, 1.82) is 0 Å². The van der Waals surface area contributed by atoms with Crippen molar-refractivity contribution in [3.05, 3.63) is 41.6 Å². The summed E-state index contributed by atoms with van der Waals surface area (Å²) in [5, 5.41) is 1.18. The van der Waals surface area contributed by atoms with E-state index in [-0.39, 0.29) is 11.0 Å². The van der Waals surface area contributed by atoms with Gasteiger partial charge in [-0.1, -0.05) is 39.0 Å². The number of fused-ring (bicyclic) bond motifs is 1. The summed E-state index contributed by atoms with van der Waals surface area (Å²) in [6.07, 6.45) is 7.58. The molecular formula is C23H33NO3Si. The van der Waals surface area contributed by atoms with Gasteiger partial charge < -0.3 is 13.7 Å². The maximum atomic E-state index is 12.0. The molecule has 2 aromatic rings. The fourth-order valence-corrected chi connectivity index (χ4v) is 5.03. The van der Waals surface area contributed by atoms with Gasteiger partial charge in [0.1, 0.15) is 0 Å². The van der Waals surface area contributed by atoms with Crippen molar-refractivity contribution >= 4 is 30.8 Å². The van der Waals surface area contributed by atoms with Crippen LogP contribution in [0.4, 0.5) is 0 Å². The van der Waals surface area contributed by atoms with Crippen LogP contribution in [-0.4, -0.2) is 32.1 Å². The minimum absolute atomic E-state index is 0.242. The molecule has 1 aromatic carbocycles. The smallest absolute Gasteiger partial charge is 0.340 e. The lowest BCUT2D eigenvalue weighted by atomic mass is 9.91. The van der Waals surface area contributed by atoms with Crippen LogP contribution < -0.4 is 0 Å². The molecule has 5 heteroatoms. The van der Waals surface area contributed by atoms with Gasteiger partial charge in [-0.25, -0.2) is 4.79 Å². The molecule has 1 aliphatic carbocycles. The summed E-state index contributed by atoms with van der Waals surface area (Å²) in [6, 6.07) is 6.34. The molecule has 0 fully saturated rings. The molecule has 0 amide bonds. The number of hydrogen-bond donors (Lipinski definition) is 0. The summed E-state index contributed by atoms with van der Waals surface area (Å²) in [4.78, 5) is 12.0. The van der Waals surface area contributed by atoms with Gasteiger partial charge in [-0.15, -0.1) is 0 Å². The van der Waals surface area contributed by atoms with Crippen LogP contribution in [0.25, 0.3) is 16.5 Å². The Morgan fingerprint density at radius 3 is 2.54 bits per heavy atom. The lowest BCUT2D eigenvalue weighted by Crippen LogP contribution is -2.44. The number of methoxy groups -OCH3 is 1. The maximum Gasteiger partial charge on any atom is 0.340 e. The standard InChI is InChI=1S/C23H33NO3Si/c1-23(2,3)28(6,7)27-18-11-8-16(9-12-18)17-10-13-19-20(22(25)26-5)15-24(4)21(19)14-17/h8,10,13-15,18H,9,11-12H2,1-7H3. The molecule has 1 atom stereocenters. The number of carbonyl (C=O) groups excluding carboxylic acids is 1. The SMILES string of the molecule is COC(=O)c1cn(C)c2cc(C3=CCC(O[Si](C)(C)C(C)(C)C)CC3)ccc12. The molecule has 0 radical (unpaired) electrons. The Morgan fingerprint density at radius 1 is 1.25 bits per heavy atom. The molecule has 1 unspecified atom stereocenters. The molecule has 0 bridgehead atoms. The molecule has 1 aliphatic rings. The molecule has 0 spiro atoms. The molecule has 0 saturated carbocycles. The number of hydrogen-bond acceptors (Lipinski definition) is 3. The molecule has 4 nitrogen and oxygen atoms in total. The third-order valence-corrected chi connectivity index (χ3v) is 10.9. The van der Waals surface area contributed by atoms with Gasteiger partial charge in [0.2, 0.25) is 0 Å². The van der Waals surface area contributed by atoms with Crippen molar-refractivity contribution in [2.24, 2.45) is 7.05 Å². The maximum absolute atomic E-state index is 12.0. The highest BCUT2D eigenvalue weighted by Crippen LogP contribution is 2.40. The van der Waals surface area contributed by atoms with Crippen LogP contribution in [0.3, 0.4) is 0 Å². The minimum Gasteiger partial charge on any atom is -0.465 e. The Labute approximate surface area is 169 Å². The molecule has 0 N–H and O–H groups in total. The predicted octanol–water partition coefficient (Wildman–Crippen LogP) is 5.92. The number of esters is 1. The summed E-state index contributed by atoms with van der Waals surface area (Å²) >= 11 is 0. The number of benzene rings is 1. The van der Waals surface area contributed by atoms with E-state index in [0.29, 0.717) is 11.7 Å². The summed E-state index contributed by atoms with van der Waals surface area (Å²) in [5.74, 6) is -0.291. The second kappa shape index (κ2) is 7.52. The molecule has 1 aromatic heterocycles. The first kappa shape index (κ1) is 20.9. The molecule has 3 rings (SSSR count). The normalized spacial score (nSPS) is 18.2. The van der Waals surface area contributed by atoms with Crippen molar-refractivity contribution < 1.29 is 14.0 Å². The lowest BCUT2D eigenvalue weighted by molar-refractivity contribution is 0.0602. The Kier molecular flexibility index (Phi) is 5.61. The fourth-order valence-electron chi connectivity index (χ4n) is 3.63. The van der Waals surface area contributed by atoms with E-state index in [1.165, 1.54) is 18.2 Å². The van der Waals surface area contributed by atoms with E-state index in [2.05, 4.69) is 52.1 Å². The van der Waals surface area contributed by atoms with Gasteiger partial charge in [0, 0.05) is 30.3 Å². The number of aryl methyl sites for hydroxylation is 1. The number of allylic oxidation sites excluding steroid dienone is 1. The number of nitrogens with zero attached hydrogens (tertiary/aromatic N) is 1. The van der Waals surface area contributed by atoms with Gasteiger partial charge in [0.15, 0.2) is 8.32 Å². The average Bonchev–Trinajstić information content (AvgIpc) is 2.97. The summed E-state index contributed by atoms with van der Waals surface area (Å²) in [7, 11) is 1.67. The van der Waals surface area contributed by atoms with E-state index in [4.69, 9.17) is 9.16 Å². The number of aromatic nitrogens is 1. The van der Waals surface area contributed by atoms with Gasteiger partial charge in [0.25, 0.3) is 0 Å². The molecule has 0 saturated heterocycles. The van der Waals surface area contributed by atoms with Gasteiger partial charge >= 0.3 is 5.97 Å². The zero-order chi connectivity index (χ0) is 20.7. The van der Waals surface area contributed by atoms with Crippen molar-refractivity contribution in [2.45, 2.75) is 64.3 Å². The van der Waals surface area contributed by atoms with Crippen LogP contribution in [-0.2, 0) is 16.2 Å². The number of ether oxygens (including phenoxy) is 1. The van der Waals surface area contributed by atoms with Gasteiger partial charge in [0.05, 0.1) is 12.7 Å². The average molecular weight is 400 g/mol. The predicted molar refractivity (Wildman–Crippen MR) is 118 cm³/mol. The largest absolute Gasteiger partial charge is 0.465 e. The first-order valence-corrected chi connectivity index (χ1v) is 13.0. The van der Waals surface area contributed by atoms with E-state index in [1.54, 1.807) is 0 Å². The van der Waals surface area contributed by atoms with Crippen molar-refractivity contribution in [2.75, 3.05) is 7.11 Å². The van der Waals surface area contributed by atoms with Crippen molar-refractivity contribution in [3.8, 4) is 0 Å². The van der Waals surface area contributed by atoms with E-state index < -0.39 is 8.32 Å². The Hall–Kier alpha value is -1.85. The van der Waals surface area contributed by atoms with E-state index >= 15 is 0 Å². The number of carbonyl (C=O) groups is 1. The molecule has 0 aliphatic heterocycles. The third kappa shape index (κ3) is 3.96. The monoisotopic (exact) mass is 399 g/mol. The van der Waals surface area contributed by atoms with E-state index in [1.807, 2.05) is 23.9 Å². The topological polar surface area (TPSA) is 40.5 Å². The van der Waals surface area contributed by atoms with Crippen LogP contribution in [0.2, 0.25) is 18.1 Å². The summed E-state index contributed by atoms with van der Waals surface area (Å²) in [5.41, 5.74) is 4.28. The third-order valence-electron chi connectivity index (χ3n) is 6.40. The molecular weight excluding hydrogens is 366 g/mol. The van der Waals surface area contributed by atoms with E-state index in [0.717, 1.165) is 30.2 Å². The number of rotatable bonds is 4. The second-order valence-electron chi connectivity index (χ2n) is 9.38. The van der Waals surface area contributed by atoms with Crippen LogP contribution >= 0.6 is 0 Å². The second-order valence-corrected chi connectivity index (χ2v) is 14.1. The zero-order valence-electron chi connectivity index (χ0n) is 18.3. The highest BCUT2D eigenvalue weighted by Gasteiger charge is 2.39. The lowest BCUT2D eigenvalue weighted by Gasteiger charge is -2.40. The molecule has 152 valence electrons. The van der Waals surface area contributed by atoms with E-state index in [9.17, 15) is 4.79 Å². The van der Waals surface area contributed by atoms with Gasteiger partial charge in [-0.05, 0) is 54.6 Å². The van der Waals surface area contributed by atoms with Crippen LogP contribution in [0.15, 0.2) is 30.5 Å². The van der Waals surface area contributed by atoms with Crippen LogP contribution in [0.1, 0.15) is 56.0 Å². The summed E-state index contributed by atoms with van der Waals surface area (Å²) in [6.45, 7) is 11.5. The quantitative estimate of drug-likeness (QED) is 0.473. The van der Waals surface area contributed by atoms with Crippen molar-refractivity contribution in [3.63, 3.8) is 0 Å². The minimum atomic E-state index is -1.73. The highest BCUT2D eigenvalue weighted by molar-refractivity contribution is 6.74.